The fraction of sp³-hybridized carbons (Fsp3) is 0.708. The van der Waals surface area contributed by atoms with Gasteiger partial charge in [0.05, 0.1) is 11.0 Å². The summed E-state index contributed by atoms with van der Waals surface area (Å²) in [6.45, 7) is 6.15. The molecular weight excluding hydrogens is 560 g/mol. The zero-order chi connectivity index (χ0) is 30.2. The monoisotopic (exact) mass is 600 g/mol. The van der Waals surface area contributed by atoms with Crippen molar-refractivity contribution < 1.29 is 26.7 Å². The third kappa shape index (κ3) is 12.3. The van der Waals surface area contributed by atoms with Crippen molar-refractivity contribution in [3.63, 3.8) is 0 Å². The van der Waals surface area contributed by atoms with Gasteiger partial charge in [-0.05, 0) is 72.3 Å². The van der Waals surface area contributed by atoms with E-state index in [2.05, 4.69) is 36.4 Å². The van der Waals surface area contributed by atoms with Crippen LogP contribution in [0.1, 0.15) is 95.6 Å². The van der Waals surface area contributed by atoms with Crippen molar-refractivity contribution in [3.05, 3.63) is 44.1 Å². The van der Waals surface area contributed by atoms with Crippen molar-refractivity contribution >= 4 is 31.8 Å². The van der Waals surface area contributed by atoms with Crippen molar-refractivity contribution in [3.8, 4) is 5.75 Å². The van der Waals surface area contributed by atoms with Crippen LogP contribution in [0.25, 0.3) is 20.9 Å². The van der Waals surface area contributed by atoms with E-state index in [4.69, 9.17) is 11.1 Å². The number of phenols is 1. The van der Waals surface area contributed by atoms with Gasteiger partial charge in [-0.25, -0.2) is 21.6 Å². The minimum Gasteiger partial charge on any atom is -0.507 e. The molecule has 0 spiro atoms. The number of aryl methyl sites for hydroxylation is 1. The van der Waals surface area contributed by atoms with E-state index >= 15 is 0 Å². The lowest BCUT2D eigenvalue weighted by Gasteiger charge is -2.18. The molecule has 0 bridgehead atoms. The van der Waals surface area contributed by atoms with E-state index < -0.39 is 37.1 Å². The van der Waals surface area contributed by atoms with Gasteiger partial charge in [0.2, 0.25) is 20.0 Å². The second-order valence-corrected chi connectivity index (χ2v) is 13.2. The number of anilines is 1. The first-order chi connectivity index (χ1) is 18.9. The lowest BCUT2D eigenvalue weighted by molar-refractivity contribution is 0.252. The number of benzene rings is 1. The third-order valence-electron chi connectivity index (χ3n) is 6.54. The molecule has 224 valence electrons. The molecule has 1 rings (SSSR count). The summed E-state index contributed by atoms with van der Waals surface area (Å²) >= 11 is 0. The van der Waals surface area contributed by atoms with E-state index in [1.807, 2.05) is 13.8 Å². The molecule has 0 aromatic heterocycles. The Morgan fingerprint density at radius 1 is 1.00 bits per heavy atom. The van der Waals surface area contributed by atoms with Gasteiger partial charge in [-0.3, -0.25) is 0 Å². The highest BCUT2D eigenvalue weighted by molar-refractivity contribution is 7.94. The molecule has 0 aliphatic rings. The quantitative estimate of drug-likeness (QED) is 0.0537. The number of phenolic OH excluding ortho intramolecular Hbond substituents is 1. The maximum atomic E-state index is 12.6. The molecule has 2 amide bonds. The average molecular weight is 601 g/mol. The van der Waals surface area contributed by atoms with E-state index in [0.717, 1.165) is 36.8 Å². The molecule has 2 unspecified atom stereocenters. The number of carbonyl (C=O) groups excluding carboxylic acids is 1. The first-order valence-corrected chi connectivity index (χ1v) is 16.5. The van der Waals surface area contributed by atoms with Crippen molar-refractivity contribution in [2.75, 3.05) is 17.6 Å². The van der Waals surface area contributed by atoms with Gasteiger partial charge >= 0.3 is 6.03 Å². The van der Waals surface area contributed by atoms with Crippen molar-refractivity contribution in [2.24, 2.45) is 9.04 Å². The molecule has 1 aromatic rings. The average Bonchev–Trinajstić information content (AvgIpc) is 2.88. The molecule has 14 nitrogen and oxygen atoms in total. The standard InChI is InChI=1S/C24H40N8O6S2/c1-4-6-7-8-9-10-12-19-15-20(16-22(23(19)33)18(3)5-2)28-24(34)27-14-11-13-21(40(37,38)32-30-26)17-39(35,36)31-29-25/h15-16,18,21,33H,4-14,17H2,1-3H3,(H2,27,28,34). The first kappa shape index (κ1) is 34.8. The largest absolute Gasteiger partial charge is 0.507 e. The van der Waals surface area contributed by atoms with Gasteiger partial charge in [0.25, 0.3) is 0 Å². The highest BCUT2D eigenvalue weighted by Crippen LogP contribution is 2.35. The van der Waals surface area contributed by atoms with Crippen LogP contribution in [-0.4, -0.2) is 45.5 Å². The molecule has 0 saturated carbocycles. The molecule has 0 saturated heterocycles. The van der Waals surface area contributed by atoms with Gasteiger partial charge < -0.3 is 15.7 Å². The maximum absolute atomic E-state index is 12.6. The SMILES string of the molecule is CCCCCCCCc1cc(NC(=O)NCCCC(CS(=O)(=O)N=[N+]=[N-])S(=O)(=O)N=[N+]=[N-])cc(C(C)CC)c1O. The molecule has 0 heterocycles. The van der Waals surface area contributed by atoms with E-state index in [9.17, 15) is 26.7 Å². The zero-order valence-corrected chi connectivity index (χ0v) is 24.9. The number of carbonyl (C=O) groups is 1. The number of hydrogen-bond acceptors (Lipinski definition) is 6. The Morgan fingerprint density at radius 3 is 2.27 bits per heavy atom. The van der Waals surface area contributed by atoms with Crippen LogP contribution in [0.3, 0.4) is 0 Å². The van der Waals surface area contributed by atoms with Gasteiger partial charge in [0.1, 0.15) is 5.75 Å². The van der Waals surface area contributed by atoms with Crippen molar-refractivity contribution in [1.82, 2.24) is 5.32 Å². The number of hydrogen-bond donors (Lipinski definition) is 3. The normalized spacial score (nSPS) is 13.0. The lowest BCUT2D eigenvalue weighted by Crippen LogP contribution is -2.32. The van der Waals surface area contributed by atoms with E-state index in [0.29, 0.717) is 12.1 Å². The Bertz CT molecular complexity index is 1290. The van der Waals surface area contributed by atoms with Gasteiger partial charge in [0.15, 0.2) is 0 Å². The summed E-state index contributed by atoms with van der Waals surface area (Å²) in [7, 11) is -8.95. The Hall–Kier alpha value is -3.19. The summed E-state index contributed by atoms with van der Waals surface area (Å²) in [5.74, 6) is -0.737. The fourth-order valence-corrected chi connectivity index (χ4v) is 6.86. The van der Waals surface area contributed by atoms with E-state index in [1.165, 1.54) is 19.3 Å². The zero-order valence-electron chi connectivity index (χ0n) is 23.3. The number of unbranched alkanes of at least 4 members (excludes halogenated alkanes) is 5. The molecule has 0 fully saturated rings. The molecule has 0 aliphatic heterocycles. The van der Waals surface area contributed by atoms with Crippen LogP contribution >= 0.6 is 0 Å². The van der Waals surface area contributed by atoms with Gasteiger partial charge in [-0.2, -0.15) is 0 Å². The maximum Gasteiger partial charge on any atom is 0.319 e. The Kier molecular flexibility index (Phi) is 15.2. The van der Waals surface area contributed by atoms with E-state index in [-0.39, 0.29) is 31.1 Å². The van der Waals surface area contributed by atoms with Gasteiger partial charge in [0, 0.05) is 31.1 Å². The Morgan fingerprint density at radius 2 is 1.65 bits per heavy atom. The summed E-state index contributed by atoms with van der Waals surface area (Å²) in [5, 5.41) is 14.5. The van der Waals surface area contributed by atoms with Crippen LogP contribution in [0.15, 0.2) is 21.2 Å². The molecule has 0 radical (unpaired) electrons. The number of aromatic hydroxyl groups is 1. The molecule has 1 aromatic carbocycles. The number of urea groups is 1. The van der Waals surface area contributed by atoms with Crippen LogP contribution in [-0.2, 0) is 26.5 Å². The third-order valence-corrected chi connectivity index (χ3v) is 9.44. The van der Waals surface area contributed by atoms with Crippen LogP contribution < -0.4 is 10.6 Å². The smallest absolute Gasteiger partial charge is 0.319 e. The topological polar surface area (TPSA) is 227 Å². The van der Waals surface area contributed by atoms with Gasteiger partial charge in [-0.15, -0.1) is 0 Å². The summed E-state index contributed by atoms with van der Waals surface area (Å²) in [5.41, 5.74) is 18.9. The molecule has 16 heteroatoms. The number of sulfonamides is 2. The second kappa shape index (κ2) is 17.5. The molecule has 2 atom stereocenters. The Labute approximate surface area is 236 Å². The minimum absolute atomic E-state index is 0.0173. The summed E-state index contributed by atoms with van der Waals surface area (Å²) in [4.78, 5) is 17.0. The Balaban J connectivity index is 2.86. The number of nitrogens with zero attached hydrogens (tertiary/aromatic N) is 6. The summed E-state index contributed by atoms with van der Waals surface area (Å²) < 4.78 is 53.2. The van der Waals surface area contributed by atoms with Gasteiger partial charge in [-0.1, -0.05) is 52.9 Å². The van der Waals surface area contributed by atoms with Crippen molar-refractivity contribution in [1.29, 1.82) is 0 Å². The molecule has 40 heavy (non-hydrogen) atoms. The highest BCUT2D eigenvalue weighted by Gasteiger charge is 2.29. The molecule has 3 N–H and O–H groups in total. The predicted octanol–water partition coefficient (Wildman–Crippen LogP) is 6.36. The number of azide groups is 2. The lowest BCUT2D eigenvalue weighted by atomic mass is 9.93. The van der Waals surface area contributed by atoms with Crippen LogP contribution in [0.2, 0.25) is 0 Å². The summed E-state index contributed by atoms with van der Waals surface area (Å²) in [6.07, 6.45) is 7.90. The minimum atomic E-state index is -4.52. The van der Waals surface area contributed by atoms with Crippen LogP contribution in [0, 0.1) is 0 Å². The van der Waals surface area contributed by atoms with Crippen LogP contribution in [0.5, 0.6) is 5.75 Å². The van der Waals surface area contributed by atoms with E-state index in [1.54, 1.807) is 12.1 Å². The highest BCUT2D eigenvalue weighted by atomic mass is 32.2. The predicted molar refractivity (Wildman–Crippen MR) is 155 cm³/mol. The number of rotatable bonds is 19. The second-order valence-electron chi connectivity index (χ2n) is 9.65. The van der Waals surface area contributed by atoms with Crippen molar-refractivity contribution in [2.45, 2.75) is 96.1 Å². The number of amides is 2. The molecule has 0 aliphatic carbocycles. The number of nitrogens with one attached hydrogen (secondary N) is 2. The summed E-state index contributed by atoms with van der Waals surface area (Å²) in [6, 6.07) is 2.91. The molecular formula is C24H40N8O6S2. The van der Waals surface area contributed by atoms with Crippen LogP contribution in [0.4, 0.5) is 10.5 Å². The first-order valence-electron chi connectivity index (χ1n) is 13.4. The fourth-order valence-electron chi connectivity index (χ4n) is 4.14.